The van der Waals surface area contributed by atoms with Gasteiger partial charge in [-0.25, -0.2) is 0 Å². The standard InChI is InChI=1S/C19H27N7O4/c1-11(2)10-15(26-17(28)12-6-3-4-7-13(12)24-25-26)16(27)23-14(18(29)30)8-5-9-22-19(20)21/h3-4,6-7,11,14-15H,5,8-10H2,1-2H3,(H,23,27)(H,29,30)(H4,20,21,22)/t14-,15-/m0/s1. The van der Waals surface area contributed by atoms with Gasteiger partial charge in [-0.1, -0.05) is 31.2 Å². The largest absolute Gasteiger partial charge is 0.548 e. The van der Waals surface area contributed by atoms with Crippen LogP contribution in [0.3, 0.4) is 0 Å². The normalized spacial score (nSPS) is 13.0. The van der Waals surface area contributed by atoms with Crippen molar-refractivity contribution in [3.8, 4) is 0 Å². The molecule has 0 bridgehead atoms. The van der Waals surface area contributed by atoms with E-state index in [1.165, 1.54) is 0 Å². The molecular weight excluding hydrogens is 390 g/mol. The highest BCUT2D eigenvalue weighted by Crippen LogP contribution is 2.17. The minimum atomic E-state index is -1.42. The quantitative estimate of drug-likeness (QED) is 0.176. The van der Waals surface area contributed by atoms with Crippen LogP contribution in [0.4, 0.5) is 0 Å². The number of guanidine groups is 1. The molecule has 2 rings (SSSR count). The van der Waals surface area contributed by atoms with E-state index in [1.807, 2.05) is 13.8 Å². The summed E-state index contributed by atoms with van der Waals surface area (Å²) in [5, 5.41) is 22.2. The maximum absolute atomic E-state index is 12.9. The first-order valence-electron chi connectivity index (χ1n) is 9.68. The zero-order valence-electron chi connectivity index (χ0n) is 17.0. The summed E-state index contributed by atoms with van der Waals surface area (Å²) < 4.78 is 1.01. The Balaban J connectivity index is 2.26. The molecule has 0 spiro atoms. The molecule has 2 atom stereocenters. The van der Waals surface area contributed by atoms with Gasteiger partial charge < -0.3 is 15.2 Å². The van der Waals surface area contributed by atoms with Crippen molar-refractivity contribution in [3.05, 3.63) is 34.6 Å². The van der Waals surface area contributed by atoms with Crippen molar-refractivity contribution in [1.29, 1.82) is 0 Å². The third kappa shape index (κ3) is 6.00. The van der Waals surface area contributed by atoms with E-state index >= 15 is 0 Å². The summed E-state index contributed by atoms with van der Waals surface area (Å²) in [4.78, 5) is 40.0. The lowest BCUT2D eigenvalue weighted by atomic mass is 10.0. The van der Waals surface area contributed by atoms with E-state index in [9.17, 15) is 19.5 Å². The average Bonchev–Trinajstić information content (AvgIpc) is 2.68. The molecule has 0 radical (unpaired) electrons. The second-order valence-electron chi connectivity index (χ2n) is 7.41. The molecule has 0 saturated carbocycles. The van der Waals surface area contributed by atoms with E-state index in [1.54, 1.807) is 24.3 Å². The monoisotopic (exact) mass is 417 g/mol. The Hall–Kier alpha value is -3.50. The molecule has 6 N–H and O–H groups in total. The molecule has 1 amide bonds. The zero-order chi connectivity index (χ0) is 22.3. The maximum Gasteiger partial charge on any atom is 0.338 e. The van der Waals surface area contributed by atoms with Crippen LogP contribution in [0.1, 0.15) is 39.2 Å². The number of carbonyl (C=O) groups is 2. The van der Waals surface area contributed by atoms with Gasteiger partial charge in [0.1, 0.15) is 11.6 Å². The van der Waals surface area contributed by atoms with Crippen LogP contribution in [-0.2, 0) is 9.59 Å². The van der Waals surface area contributed by atoms with Crippen LogP contribution < -0.4 is 32.4 Å². The summed E-state index contributed by atoms with van der Waals surface area (Å²) >= 11 is 0. The molecule has 1 heterocycles. The van der Waals surface area contributed by atoms with Crippen LogP contribution in [-0.4, -0.2) is 45.4 Å². The number of carbonyl (C=O) groups excluding carboxylic acids is 2. The van der Waals surface area contributed by atoms with Gasteiger partial charge in [0, 0.05) is 0 Å². The maximum atomic E-state index is 12.9. The highest BCUT2D eigenvalue weighted by atomic mass is 16.4. The average molecular weight is 417 g/mol. The molecule has 0 saturated heterocycles. The lowest BCUT2D eigenvalue weighted by Crippen LogP contribution is -2.78. The molecular formula is C19H27N7O4. The number of hydrogen-bond donors (Lipinski definition) is 4. The topological polar surface area (TPSA) is 183 Å². The molecule has 0 aliphatic rings. The fourth-order valence-electron chi connectivity index (χ4n) is 3.03. The number of rotatable bonds is 10. The van der Waals surface area contributed by atoms with Crippen molar-refractivity contribution in [1.82, 2.24) is 20.3 Å². The van der Waals surface area contributed by atoms with Gasteiger partial charge in [0.2, 0.25) is 5.91 Å². The minimum absolute atomic E-state index is 0.0234. The van der Waals surface area contributed by atoms with Crippen molar-refractivity contribution in [2.24, 2.45) is 17.4 Å². The molecule has 1 aromatic carbocycles. The molecule has 11 nitrogen and oxygen atoms in total. The van der Waals surface area contributed by atoms with Crippen molar-refractivity contribution in [2.75, 3.05) is 6.54 Å². The molecule has 11 heteroatoms. The number of hydrogen-bond acceptors (Lipinski definition) is 6. The Morgan fingerprint density at radius 3 is 2.60 bits per heavy atom. The van der Waals surface area contributed by atoms with Crippen LogP contribution in [0.2, 0.25) is 0 Å². The summed E-state index contributed by atoms with van der Waals surface area (Å²) in [7, 11) is 0. The first kappa shape index (κ1) is 22.8. The number of benzene rings is 1. The second kappa shape index (κ2) is 10.3. The van der Waals surface area contributed by atoms with E-state index in [-0.39, 0.29) is 24.7 Å². The van der Waals surface area contributed by atoms with Crippen LogP contribution >= 0.6 is 0 Å². The fourth-order valence-corrected chi connectivity index (χ4v) is 3.03. The van der Waals surface area contributed by atoms with Gasteiger partial charge in [0.25, 0.3) is 5.56 Å². The van der Waals surface area contributed by atoms with Gasteiger partial charge in [-0.15, -0.1) is 5.10 Å². The van der Waals surface area contributed by atoms with Crippen molar-refractivity contribution < 1.29 is 19.7 Å². The molecule has 0 unspecified atom stereocenters. The lowest BCUT2D eigenvalue weighted by molar-refractivity contribution is -0.459. The van der Waals surface area contributed by atoms with Gasteiger partial charge in [0.15, 0.2) is 0 Å². The lowest BCUT2D eigenvalue weighted by Gasteiger charge is -2.24. The zero-order valence-corrected chi connectivity index (χ0v) is 17.0. The van der Waals surface area contributed by atoms with Crippen LogP contribution in [0, 0.1) is 5.92 Å². The smallest absolute Gasteiger partial charge is 0.338 e. The van der Waals surface area contributed by atoms with E-state index in [0.29, 0.717) is 23.9 Å². The van der Waals surface area contributed by atoms with Crippen molar-refractivity contribution >= 4 is 28.7 Å². The van der Waals surface area contributed by atoms with Gasteiger partial charge in [-0.05, 0) is 37.3 Å². The van der Waals surface area contributed by atoms with E-state index in [2.05, 4.69) is 20.6 Å². The summed E-state index contributed by atoms with van der Waals surface area (Å²) in [5.74, 6) is -2.00. The van der Waals surface area contributed by atoms with Gasteiger partial charge >= 0.3 is 5.96 Å². The number of nitrogens with one attached hydrogen (secondary N) is 2. The number of carboxylic acids is 1. The van der Waals surface area contributed by atoms with Crippen molar-refractivity contribution in [2.45, 2.75) is 45.2 Å². The summed E-state index contributed by atoms with van der Waals surface area (Å²) in [5.41, 5.74) is 10.5. The summed E-state index contributed by atoms with van der Waals surface area (Å²) in [6, 6.07) is 4.43. The summed E-state index contributed by atoms with van der Waals surface area (Å²) in [6.07, 6.45) is 0.751. The molecule has 0 aliphatic heterocycles. The summed E-state index contributed by atoms with van der Waals surface area (Å²) in [6.45, 7) is 4.11. The highest BCUT2D eigenvalue weighted by Gasteiger charge is 2.27. The molecule has 30 heavy (non-hydrogen) atoms. The Labute approximate surface area is 173 Å². The van der Waals surface area contributed by atoms with Crippen LogP contribution in [0.15, 0.2) is 29.1 Å². The molecule has 0 aliphatic carbocycles. The van der Waals surface area contributed by atoms with E-state index in [4.69, 9.17) is 11.5 Å². The Morgan fingerprint density at radius 2 is 1.97 bits per heavy atom. The van der Waals surface area contributed by atoms with Gasteiger partial charge in [-0.3, -0.25) is 26.0 Å². The SMILES string of the molecule is CC(C)C[C@@H](C(=O)N[C@@H](CCC[NH+]=C(N)N)C(=O)[O-])n1nnc2ccccc2c1=O. The van der Waals surface area contributed by atoms with E-state index < -0.39 is 29.5 Å². The third-order valence-electron chi connectivity index (χ3n) is 4.48. The first-order valence-corrected chi connectivity index (χ1v) is 9.68. The third-order valence-corrected chi connectivity index (χ3v) is 4.48. The van der Waals surface area contributed by atoms with E-state index in [0.717, 1.165) is 4.68 Å². The number of carboxylic acid groups (broad SMARTS) is 1. The molecule has 1 aromatic heterocycles. The Bertz CT molecular complexity index is 982. The Morgan fingerprint density at radius 1 is 1.27 bits per heavy atom. The molecule has 0 fully saturated rings. The number of aromatic nitrogens is 3. The number of amides is 1. The predicted octanol–water partition coefficient (Wildman–Crippen LogP) is -3.25. The number of nitrogens with two attached hydrogens (primary N) is 2. The predicted molar refractivity (Wildman–Crippen MR) is 108 cm³/mol. The highest BCUT2D eigenvalue weighted by molar-refractivity contribution is 5.85. The number of aliphatic carboxylic acids is 1. The molecule has 162 valence electrons. The van der Waals surface area contributed by atoms with Crippen LogP contribution in [0.25, 0.3) is 10.9 Å². The van der Waals surface area contributed by atoms with Gasteiger partial charge in [0.05, 0.1) is 23.9 Å². The Kier molecular flexibility index (Phi) is 7.84. The number of nitrogens with zero attached hydrogens (tertiary/aromatic N) is 3. The minimum Gasteiger partial charge on any atom is -0.548 e. The number of fused-ring (bicyclic) bond motifs is 1. The first-order chi connectivity index (χ1) is 14.2. The molecule has 2 aromatic rings. The van der Waals surface area contributed by atoms with Crippen molar-refractivity contribution in [3.63, 3.8) is 0 Å². The second-order valence-corrected chi connectivity index (χ2v) is 7.41. The van der Waals surface area contributed by atoms with Crippen LogP contribution in [0.5, 0.6) is 0 Å². The fraction of sp³-hybridized carbons (Fsp3) is 0.474. The van der Waals surface area contributed by atoms with Gasteiger partial charge in [-0.2, -0.15) is 4.68 Å².